The molecular weight excluding hydrogens is 390 g/mol. The van der Waals surface area contributed by atoms with Crippen LogP contribution in [0.3, 0.4) is 0 Å². The van der Waals surface area contributed by atoms with Gasteiger partial charge in [-0.1, -0.05) is 12.2 Å². The summed E-state index contributed by atoms with van der Waals surface area (Å²) in [6, 6.07) is 1.96. The molecule has 0 aliphatic heterocycles. The van der Waals surface area contributed by atoms with E-state index in [0.717, 1.165) is 56.4 Å². The second kappa shape index (κ2) is 8.53. The number of anilines is 1. The molecule has 2 rings (SSSR count). The number of hydrogen-bond donors (Lipinski definition) is 0. The van der Waals surface area contributed by atoms with Crippen molar-refractivity contribution in [1.29, 1.82) is 0 Å². The molecule has 0 saturated carbocycles. The molecule has 0 N–H and O–H groups in total. The summed E-state index contributed by atoms with van der Waals surface area (Å²) in [7, 11) is 1.73. The highest BCUT2D eigenvalue weighted by Crippen LogP contribution is 2.34. The standard InChI is InChI=1S/C14H18BrNO2S3/c1-3-16(4-6-20-7-5-17-2)12-8-11(19)14-13(18-12)10(15)9-21-14/h8-9H,3-7H2,1-2H3. The predicted octanol–water partition coefficient (Wildman–Crippen LogP) is 5.19. The van der Waals surface area contributed by atoms with Crippen molar-refractivity contribution in [3.8, 4) is 0 Å². The lowest BCUT2D eigenvalue weighted by atomic mass is 10.4. The van der Waals surface area contributed by atoms with Crippen LogP contribution in [0.2, 0.25) is 0 Å². The lowest BCUT2D eigenvalue weighted by Crippen LogP contribution is -2.25. The molecular formula is C14H18BrNO2S3. The fourth-order valence-corrected chi connectivity index (χ4v) is 4.53. The minimum Gasteiger partial charge on any atom is -0.438 e. The van der Waals surface area contributed by atoms with Crippen molar-refractivity contribution in [1.82, 2.24) is 0 Å². The number of fused-ring (bicyclic) bond motifs is 1. The molecule has 0 unspecified atom stereocenters. The Morgan fingerprint density at radius 2 is 2.29 bits per heavy atom. The largest absolute Gasteiger partial charge is 0.438 e. The summed E-state index contributed by atoms with van der Waals surface area (Å²) >= 11 is 12.5. The summed E-state index contributed by atoms with van der Waals surface area (Å²) in [6.45, 7) is 4.77. The van der Waals surface area contributed by atoms with Crippen LogP contribution in [-0.2, 0) is 4.74 Å². The topological polar surface area (TPSA) is 25.6 Å². The summed E-state index contributed by atoms with van der Waals surface area (Å²) in [6.07, 6.45) is 0. The maximum absolute atomic E-state index is 6.03. The van der Waals surface area contributed by atoms with Crippen LogP contribution in [0.5, 0.6) is 0 Å². The van der Waals surface area contributed by atoms with Crippen molar-refractivity contribution in [2.24, 2.45) is 0 Å². The van der Waals surface area contributed by atoms with Crippen molar-refractivity contribution in [3.05, 3.63) is 20.4 Å². The number of nitrogens with zero attached hydrogens (tertiary/aromatic N) is 1. The molecule has 7 heteroatoms. The summed E-state index contributed by atoms with van der Waals surface area (Å²) in [5, 5.41) is 2.02. The van der Waals surface area contributed by atoms with Crippen LogP contribution in [-0.4, -0.2) is 38.3 Å². The van der Waals surface area contributed by atoms with Gasteiger partial charge in [0.05, 0.1) is 20.3 Å². The molecule has 0 fully saturated rings. The molecule has 0 aromatic carbocycles. The third-order valence-electron chi connectivity index (χ3n) is 3.02. The Morgan fingerprint density at radius 1 is 1.48 bits per heavy atom. The minimum atomic E-state index is 0.797. The second-order valence-corrected chi connectivity index (χ2v) is 7.77. The van der Waals surface area contributed by atoms with Crippen LogP contribution in [0.4, 0.5) is 5.88 Å². The SMILES string of the molecule is CCN(CCSCCOC)c1cc(=S)c2scc(Br)c2o1. The van der Waals surface area contributed by atoms with Gasteiger partial charge in [0.1, 0.15) is 0 Å². The molecule has 0 amide bonds. The molecule has 0 aliphatic carbocycles. The van der Waals surface area contributed by atoms with Crippen LogP contribution >= 0.6 is 51.2 Å². The van der Waals surface area contributed by atoms with E-state index in [0.29, 0.717) is 0 Å². The number of ether oxygens (including phenoxy) is 1. The number of halogens is 1. The Kier molecular flexibility index (Phi) is 7.01. The van der Waals surface area contributed by atoms with Crippen LogP contribution < -0.4 is 4.90 Å². The molecule has 2 aromatic heterocycles. The lowest BCUT2D eigenvalue weighted by molar-refractivity contribution is 0.218. The molecule has 0 spiro atoms. The Morgan fingerprint density at radius 3 is 3.00 bits per heavy atom. The van der Waals surface area contributed by atoms with E-state index in [2.05, 4.69) is 27.8 Å². The summed E-state index contributed by atoms with van der Waals surface area (Å²) in [4.78, 5) is 2.22. The van der Waals surface area contributed by atoms with E-state index in [9.17, 15) is 0 Å². The van der Waals surface area contributed by atoms with E-state index < -0.39 is 0 Å². The molecule has 2 aromatic rings. The molecule has 3 nitrogen and oxygen atoms in total. The van der Waals surface area contributed by atoms with Crippen LogP contribution in [0, 0.1) is 4.51 Å². The van der Waals surface area contributed by atoms with Crippen LogP contribution in [0.15, 0.2) is 20.3 Å². The Hall–Kier alpha value is -0.0800. The van der Waals surface area contributed by atoms with E-state index in [1.165, 1.54) is 0 Å². The molecule has 0 radical (unpaired) electrons. The van der Waals surface area contributed by atoms with E-state index in [4.69, 9.17) is 21.4 Å². The van der Waals surface area contributed by atoms with Crippen molar-refractivity contribution in [3.63, 3.8) is 0 Å². The Balaban J connectivity index is 2.10. The van der Waals surface area contributed by atoms with Crippen LogP contribution in [0.25, 0.3) is 10.3 Å². The van der Waals surface area contributed by atoms with Crippen molar-refractivity contribution in [2.45, 2.75) is 6.92 Å². The van der Waals surface area contributed by atoms with Gasteiger partial charge in [-0.15, -0.1) is 11.3 Å². The summed E-state index contributed by atoms with van der Waals surface area (Å²) < 4.78 is 14.0. The van der Waals surface area contributed by atoms with Crippen molar-refractivity contribution in [2.75, 3.05) is 43.2 Å². The first-order valence-electron chi connectivity index (χ1n) is 6.69. The Bertz CT molecular complexity index is 641. The maximum atomic E-state index is 6.03. The average Bonchev–Trinajstić information content (AvgIpc) is 2.85. The predicted molar refractivity (Wildman–Crippen MR) is 99.7 cm³/mol. The van der Waals surface area contributed by atoms with Crippen molar-refractivity contribution < 1.29 is 9.15 Å². The molecule has 0 atom stereocenters. The first-order valence-corrected chi connectivity index (χ1v) is 9.93. The van der Waals surface area contributed by atoms with E-state index >= 15 is 0 Å². The zero-order valence-electron chi connectivity index (χ0n) is 12.1. The first kappa shape index (κ1) is 17.3. The zero-order chi connectivity index (χ0) is 15.2. The average molecular weight is 408 g/mol. The third-order valence-corrected chi connectivity index (χ3v) is 6.28. The van der Waals surface area contributed by atoms with Gasteiger partial charge >= 0.3 is 0 Å². The minimum absolute atomic E-state index is 0.797. The molecule has 116 valence electrons. The van der Waals surface area contributed by atoms with Gasteiger partial charge in [0.2, 0.25) is 0 Å². The van der Waals surface area contributed by atoms with E-state index in [1.807, 2.05) is 23.2 Å². The summed E-state index contributed by atoms with van der Waals surface area (Å²) in [5.41, 5.74) is 0.855. The quantitative estimate of drug-likeness (QED) is 0.442. The second-order valence-electron chi connectivity index (χ2n) is 4.38. The van der Waals surface area contributed by atoms with Gasteiger partial charge < -0.3 is 14.1 Å². The highest BCUT2D eigenvalue weighted by molar-refractivity contribution is 9.10. The van der Waals surface area contributed by atoms with Gasteiger partial charge in [0.15, 0.2) is 11.5 Å². The summed E-state index contributed by atoms with van der Waals surface area (Å²) in [5.74, 6) is 2.91. The van der Waals surface area contributed by atoms with E-state index in [-0.39, 0.29) is 0 Å². The number of hydrogen-bond acceptors (Lipinski definition) is 6. The Labute approximate surface area is 146 Å². The number of thiophene rings is 1. The lowest BCUT2D eigenvalue weighted by Gasteiger charge is -2.21. The molecule has 0 bridgehead atoms. The maximum Gasteiger partial charge on any atom is 0.197 e. The number of rotatable bonds is 8. The normalized spacial score (nSPS) is 11.2. The zero-order valence-corrected chi connectivity index (χ0v) is 16.1. The van der Waals surface area contributed by atoms with Gasteiger partial charge in [-0.25, -0.2) is 0 Å². The van der Waals surface area contributed by atoms with Gasteiger partial charge in [-0.2, -0.15) is 11.8 Å². The van der Waals surface area contributed by atoms with Gasteiger partial charge in [-0.3, -0.25) is 0 Å². The highest BCUT2D eigenvalue weighted by Gasteiger charge is 2.12. The molecule has 2 heterocycles. The molecule has 0 aliphatic rings. The van der Waals surface area contributed by atoms with Gasteiger partial charge in [0.25, 0.3) is 0 Å². The fraction of sp³-hybridized carbons (Fsp3) is 0.500. The van der Waals surface area contributed by atoms with Gasteiger partial charge in [-0.05, 0) is 22.9 Å². The third kappa shape index (κ3) is 4.45. The van der Waals surface area contributed by atoms with Crippen molar-refractivity contribution >= 4 is 67.4 Å². The molecule has 21 heavy (non-hydrogen) atoms. The number of thioether (sulfide) groups is 1. The monoisotopic (exact) mass is 407 g/mol. The van der Waals surface area contributed by atoms with E-state index in [1.54, 1.807) is 18.4 Å². The number of methoxy groups -OCH3 is 1. The fourth-order valence-electron chi connectivity index (χ4n) is 1.90. The smallest absolute Gasteiger partial charge is 0.197 e. The van der Waals surface area contributed by atoms with Crippen LogP contribution in [0.1, 0.15) is 6.92 Å². The van der Waals surface area contributed by atoms with Gasteiger partial charge in [0, 0.05) is 43.2 Å². The molecule has 0 saturated heterocycles. The highest BCUT2D eigenvalue weighted by atomic mass is 79.9. The first-order chi connectivity index (χ1) is 10.2.